The Morgan fingerprint density at radius 3 is 2.73 bits per heavy atom. The molecule has 0 radical (unpaired) electrons. The van der Waals surface area contributed by atoms with E-state index in [9.17, 15) is 0 Å². The Kier molecular flexibility index (Phi) is 2.28. The van der Waals surface area contributed by atoms with E-state index in [2.05, 4.69) is 42.2 Å². The van der Waals surface area contributed by atoms with Gasteiger partial charge in [-0.25, -0.2) is 0 Å². The molecule has 2 fully saturated rings. The maximum Gasteiger partial charge on any atom is 0.0236 e. The molecule has 0 spiro atoms. The van der Waals surface area contributed by atoms with Gasteiger partial charge >= 0.3 is 0 Å². The second-order valence-corrected chi connectivity index (χ2v) is 5.05. The zero-order valence-corrected chi connectivity index (χ0v) is 9.39. The van der Waals surface area contributed by atoms with Crippen LogP contribution in [0, 0.1) is 11.8 Å². The number of benzene rings is 1. The van der Waals surface area contributed by atoms with Gasteiger partial charge in [0.1, 0.15) is 0 Å². The van der Waals surface area contributed by atoms with Crippen molar-refractivity contribution in [2.24, 2.45) is 11.8 Å². The Morgan fingerprint density at radius 1 is 1.27 bits per heavy atom. The van der Waals surface area contributed by atoms with Crippen molar-refractivity contribution >= 4 is 0 Å². The molecule has 1 nitrogen and oxygen atoms in total. The van der Waals surface area contributed by atoms with Crippen molar-refractivity contribution < 1.29 is 0 Å². The Morgan fingerprint density at radius 2 is 2.07 bits per heavy atom. The van der Waals surface area contributed by atoms with Gasteiger partial charge in [-0.1, -0.05) is 43.7 Å². The number of fused-ring (bicyclic) bond motifs is 1. The lowest BCUT2D eigenvalue weighted by molar-refractivity contribution is 0.267. The number of hydrogen-bond donors (Lipinski definition) is 0. The highest BCUT2D eigenvalue weighted by Crippen LogP contribution is 2.49. The van der Waals surface area contributed by atoms with Crippen LogP contribution in [0.2, 0.25) is 0 Å². The second kappa shape index (κ2) is 3.64. The fraction of sp³-hybridized carbons (Fsp3) is 0.571. The van der Waals surface area contributed by atoms with Gasteiger partial charge in [0.2, 0.25) is 0 Å². The summed E-state index contributed by atoms with van der Waals surface area (Å²) in [6.07, 6.45) is 2.83. The fourth-order valence-electron chi connectivity index (χ4n) is 3.13. The van der Waals surface area contributed by atoms with Crippen LogP contribution in [0.25, 0.3) is 0 Å². The number of nitrogens with zero attached hydrogens (tertiary/aromatic N) is 1. The monoisotopic (exact) mass is 201 g/mol. The molecule has 1 heteroatoms. The minimum absolute atomic E-state index is 0.926. The summed E-state index contributed by atoms with van der Waals surface area (Å²) in [5, 5.41) is 0. The van der Waals surface area contributed by atoms with Crippen LogP contribution < -0.4 is 0 Å². The molecule has 1 aromatic carbocycles. The van der Waals surface area contributed by atoms with Crippen LogP contribution in [0.5, 0.6) is 0 Å². The molecule has 3 atom stereocenters. The van der Waals surface area contributed by atoms with Gasteiger partial charge in [-0.3, -0.25) is 4.90 Å². The molecule has 1 saturated carbocycles. The van der Waals surface area contributed by atoms with E-state index >= 15 is 0 Å². The molecule has 0 aromatic heterocycles. The molecule has 1 saturated heterocycles. The molecule has 0 N–H and O–H groups in total. The lowest BCUT2D eigenvalue weighted by Gasteiger charge is -2.19. The summed E-state index contributed by atoms with van der Waals surface area (Å²) in [7, 11) is 0. The maximum absolute atomic E-state index is 2.69. The van der Waals surface area contributed by atoms with Gasteiger partial charge in [-0.15, -0.1) is 0 Å². The number of likely N-dealkylation sites (tertiary alicyclic amines) is 1. The lowest BCUT2D eigenvalue weighted by atomic mass is 10.0. The molecular weight excluding hydrogens is 182 g/mol. The third-order valence-corrected chi connectivity index (χ3v) is 4.10. The zero-order chi connectivity index (χ0) is 10.3. The normalized spacial score (nSPS) is 34.1. The summed E-state index contributed by atoms with van der Waals surface area (Å²) < 4.78 is 0. The Hall–Kier alpha value is -0.820. The molecule has 1 aliphatic carbocycles. The van der Waals surface area contributed by atoms with E-state index in [1.807, 2.05) is 0 Å². The van der Waals surface area contributed by atoms with Gasteiger partial charge in [-0.05, 0) is 23.8 Å². The van der Waals surface area contributed by atoms with E-state index in [-0.39, 0.29) is 0 Å². The molecule has 15 heavy (non-hydrogen) atoms. The van der Waals surface area contributed by atoms with Crippen molar-refractivity contribution in [3.05, 3.63) is 35.9 Å². The average molecular weight is 201 g/mol. The van der Waals surface area contributed by atoms with Crippen molar-refractivity contribution in [2.45, 2.75) is 32.4 Å². The third kappa shape index (κ3) is 1.69. The van der Waals surface area contributed by atoms with E-state index in [1.54, 1.807) is 0 Å². The molecule has 0 amide bonds. The highest BCUT2D eigenvalue weighted by Gasteiger charge is 2.51. The van der Waals surface area contributed by atoms with Crippen LogP contribution in [0.15, 0.2) is 30.3 Å². The Balaban J connectivity index is 1.66. The SMILES string of the molecule is CC[C@H]1CN(Cc2ccccc2)[C@@H]2C[C@H]12. The molecule has 1 aliphatic heterocycles. The van der Waals surface area contributed by atoms with Crippen molar-refractivity contribution in [3.63, 3.8) is 0 Å². The van der Waals surface area contributed by atoms with E-state index in [4.69, 9.17) is 0 Å². The van der Waals surface area contributed by atoms with Crippen molar-refractivity contribution in [1.29, 1.82) is 0 Å². The molecule has 0 unspecified atom stereocenters. The summed E-state index contributed by atoms with van der Waals surface area (Å²) in [5.41, 5.74) is 1.47. The zero-order valence-electron chi connectivity index (χ0n) is 9.39. The Bertz CT molecular complexity index is 332. The molecule has 1 aromatic rings. The molecular formula is C14H19N. The van der Waals surface area contributed by atoms with E-state index in [0.29, 0.717) is 0 Å². The quantitative estimate of drug-likeness (QED) is 0.727. The van der Waals surface area contributed by atoms with Gasteiger partial charge in [0.15, 0.2) is 0 Å². The summed E-state index contributed by atoms with van der Waals surface area (Å²) in [6.45, 7) is 4.84. The van der Waals surface area contributed by atoms with Gasteiger partial charge in [0.05, 0.1) is 0 Å². The Labute approximate surface area is 92.1 Å². The summed E-state index contributed by atoms with van der Waals surface area (Å²) in [4.78, 5) is 2.69. The topological polar surface area (TPSA) is 3.24 Å². The van der Waals surface area contributed by atoms with E-state index < -0.39 is 0 Å². The first-order valence-electron chi connectivity index (χ1n) is 6.16. The van der Waals surface area contributed by atoms with Gasteiger partial charge in [0, 0.05) is 19.1 Å². The van der Waals surface area contributed by atoms with Crippen LogP contribution in [0.4, 0.5) is 0 Å². The van der Waals surface area contributed by atoms with Crippen LogP contribution in [-0.4, -0.2) is 17.5 Å². The second-order valence-electron chi connectivity index (χ2n) is 5.05. The predicted molar refractivity (Wildman–Crippen MR) is 62.5 cm³/mol. The highest BCUT2D eigenvalue weighted by atomic mass is 15.2. The minimum atomic E-state index is 0.926. The van der Waals surface area contributed by atoms with Crippen LogP contribution in [0.1, 0.15) is 25.3 Å². The van der Waals surface area contributed by atoms with Gasteiger partial charge in [-0.2, -0.15) is 0 Å². The standard InChI is InChI=1S/C14H19N/c1-2-12-10-15(14-8-13(12)14)9-11-6-4-3-5-7-11/h3-7,12-14H,2,8-10H2,1H3/t12-,13+,14+/m0/s1. The summed E-state index contributed by atoms with van der Waals surface area (Å²) in [5.74, 6) is 2.03. The van der Waals surface area contributed by atoms with Crippen molar-refractivity contribution in [1.82, 2.24) is 4.90 Å². The first-order chi connectivity index (χ1) is 7.38. The smallest absolute Gasteiger partial charge is 0.0236 e. The van der Waals surface area contributed by atoms with Crippen molar-refractivity contribution in [3.8, 4) is 0 Å². The van der Waals surface area contributed by atoms with E-state index in [0.717, 1.165) is 17.9 Å². The predicted octanol–water partition coefficient (Wildman–Crippen LogP) is 2.92. The van der Waals surface area contributed by atoms with Gasteiger partial charge < -0.3 is 0 Å². The fourth-order valence-corrected chi connectivity index (χ4v) is 3.13. The number of piperidine rings is 1. The van der Waals surface area contributed by atoms with E-state index in [1.165, 1.54) is 31.5 Å². The van der Waals surface area contributed by atoms with Crippen molar-refractivity contribution in [2.75, 3.05) is 6.54 Å². The largest absolute Gasteiger partial charge is 0.296 e. The van der Waals surface area contributed by atoms with Crippen LogP contribution in [-0.2, 0) is 6.54 Å². The summed E-state index contributed by atoms with van der Waals surface area (Å²) >= 11 is 0. The molecule has 3 rings (SSSR count). The highest BCUT2D eigenvalue weighted by molar-refractivity contribution is 5.16. The third-order valence-electron chi connectivity index (χ3n) is 4.10. The van der Waals surface area contributed by atoms with Gasteiger partial charge in [0.25, 0.3) is 0 Å². The van der Waals surface area contributed by atoms with Crippen LogP contribution >= 0.6 is 0 Å². The first-order valence-corrected chi connectivity index (χ1v) is 6.16. The number of hydrogen-bond acceptors (Lipinski definition) is 1. The summed E-state index contributed by atoms with van der Waals surface area (Å²) in [6, 6.07) is 11.8. The molecule has 1 heterocycles. The molecule has 0 bridgehead atoms. The molecule has 80 valence electrons. The maximum atomic E-state index is 2.69. The lowest BCUT2D eigenvalue weighted by Crippen LogP contribution is -2.24. The minimum Gasteiger partial charge on any atom is -0.296 e. The number of rotatable bonds is 3. The first kappa shape index (κ1) is 9.41. The molecule has 2 aliphatic rings. The average Bonchev–Trinajstić information content (AvgIpc) is 3.00. The van der Waals surface area contributed by atoms with Crippen LogP contribution in [0.3, 0.4) is 0 Å².